The fourth-order valence-electron chi connectivity index (χ4n) is 3.97. The van der Waals surface area contributed by atoms with Crippen LogP contribution in [0.15, 0.2) is 85.4 Å². The van der Waals surface area contributed by atoms with Crippen molar-refractivity contribution in [3.63, 3.8) is 0 Å². The van der Waals surface area contributed by atoms with Crippen molar-refractivity contribution in [2.24, 2.45) is 0 Å². The molecule has 0 bridgehead atoms. The molecule has 0 saturated heterocycles. The molecule has 37 heavy (non-hydrogen) atoms. The number of ether oxygens (including phenoxy) is 2. The van der Waals surface area contributed by atoms with Crippen LogP contribution in [0.5, 0.6) is 17.2 Å². The molecule has 0 unspecified atom stereocenters. The molecular formula is C29H23NO7. The Bertz CT molecular complexity index is 1780. The van der Waals surface area contributed by atoms with Crippen molar-refractivity contribution in [1.29, 1.82) is 0 Å². The Hall–Kier alpha value is -4.85. The SMILES string of the molecule is Cc1cccc(NC(=O)COc2ccc3c(=O)c(Oc4ccc5c(C)cc(=O)oc5c4)coc3c2)c1C. The van der Waals surface area contributed by atoms with Crippen LogP contribution in [0, 0.1) is 20.8 Å². The number of hydrogen-bond acceptors (Lipinski definition) is 7. The molecule has 0 radical (unpaired) electrons. The molecule has 2 heterocycles. The Balaban J connectivity index is 1.31. The van der Waals surface area contributed by atoms with Gasteiger partial charge in [0.25, 0.3) is 5.91 Å². The number of carbonyl (C=O) groups is 1. The number of carbonyl (C=O) groups excluding carboxylic acids is 1. The van der Waals surface area contributed by atoms with Gasteiger partial charge in [-0.3, -0.25) is 9.59 Å². The Morgan fingerprint density at radius 2 is 1.62 bits per heavy atom. The molecular weight excluding hydrogens is 474 g/mol. The average Bonchev–Trinajstić information content (AvgIpc) is 2.87. The highest BCUT2D eigenvalue weighted by atomic mass is 16.5. The molecule has 0 spiro atoms. The summed E-state index contributed by atoms with van der Waals surface area (Å²) >= 11 is 0. The monoisotopic (exact) mass is 497 g/mol. The van der Waals surface area contributed by atoms with Crippen LogP contribution in [0.25, 0.3) is 21.9 Å². The maximum absolute atomic E-state index is 13.0. The van der Waals surface area contributed by atoms with Gasteiger partial charge in [-0.05, 0) is 67.8 Å². The molecule has 0 saturated carbocycles. The van der Waals surface area contributed by atoms with Gasteiger partial charge in [-0.1, -0.05) is 12.1 Å². The molecule has 0 aliphatic heterocycles. The van der Waals surface area contributed by atoms with Crippen molar-refractivity contribution in [2.45, 2.75) is 20.8 Å². The molecule has 5 rings (SSSR count). The zero-order valence-corrected chi connectivity index (χ0v) is 20.4. The molecule has 2 aromatic heterocycles. The number of rotatable bonds is 6. The first-order chi connectivity index (χ1) is 17.8. The lowest BCUT2D eigenvalue weighted by Crippen LogP contribution is -2.20. The standard InChI is InChI=1S/C29H23NO7/c1-16-5-4-6-23(18(16)3)30-27(31)15-34-19-7-10-22-24(12-19)35-14-26(29(22)33)36-20-8-9-21-17(2)11-28(32)37-25(21)13-20/h4-14H,15H2,1-3H3,(H,30,31). The van der Waals surface area contributed by atoms with E-state index in [9.17, 15) is 14.4 Å². The van der Waals surface area contributed by atoms with E-state index >= 15 is 0 Å². The van der Waals surface area contributed by atoms with E-state index in [0.29, 0.717) is 17.1 Å². The van der Waals surface area contributed by atoms with Gasteiger partial charge < -0.3 is 23.6 Å². The van der Waals surface area contributed by atoms with Gasteiger partial charge in [0.2, 0.25) is 11.2 Å². The van der Waals surface area contributed by atoms with Crippen molar-refractivity contribution >= 4 is 33.5 Å². The van der Waals surface area contributed by atoms with Crippen LogP contribution in [0.2, 0.25) is 0 Å². The number of benzene rings is 3. The quantitative estimate of drug-likeness (QED) is 0.303. The second-order valence-corrected chi connectivity index (χ2v) is 8.68. The summed E-state index contributed by atoms with van der Waals surface area (Å²) < 4.78 is 22.2. The third kappa shape index (κ3) is 4.95. The molecule has 0 fully saturated rings. The van der Waals surface area contributed by atoms with E-state index < -0.39 is 5.63 Å². The largest absolute Gasteiger partial charge is 0.484 e. The van der Waals surface area contributed by atoms with Gasteiger partial charge >= 0.3 is 5.63 Å². The molecule has 1 amide bonds. The molecule has 0 aliphatic rings. The van der Waals surface area contributed by atoms with Crippen molar-refractivity contribution < 1.29 is 23.1 Å². The fourth-order valence-corrected chi connectivity index (χ4v) is 3.97. The highest BCUT2D eigenvalue weighted by molar-refractivity contribution is 5.93. The summed E-state index contributed by atoms with van der Waals surface area (Å²) in [4.78, 5) is 37.0. The zero-order chi connectivity index (χ0) is 26.1. The van der Waals surface area contributed by atoms with Gasteiger partial charge in [0.05, 0.1) is 5.39 Å². The van der Waals surface area contributed by atoms with Gasteiger partial charge in [-0.2, -0.15) is 0 Å². The van der Waals surface area contributed by atoms with Crippen LogP contribution >= 0.6 is 0 Å². The molecule has 0 aliphatic carbocycles. The van der Waals surface area contributed by atoms with Crippen molar-refractivity contribution in [3.8, 4) is 17.2 Å². The Labute approximate surface area is 211 Å². The van der Waals surface area contributed by atoms with Crippen LogP contribution < -0.4 is 25.8 Å². The maximum Gasteiger partial charge on any atom is 0.336 e. The summed E-state index contributed by atoms with van der Waals surface area (Å²) in [6.45, 7) is 5.52. The minimum atomic E-state index is -0.465. The normalized spacial score (nSPS) is 11.0. The van der Waals surface area contributed by atoms with Crippen LogP contribution in [0.4, 0.5) is 5.69 Å². The van der Waals surface area contributed by atoms with E-state index in [1.807, 2.05) is 39.0 Å². The predicted octanol–water partition coefficient (Wildman–Crippen LogP) is 5.63. The van der Waals surface area contributed by atoms with Gasteiger partial charge in [0.1, 0.15) is 28.9 Å². The lowest BCUT2D eigenvalue weighted by molar-refractivity contribution is -0.118. The van der Waals surface area contributed by atoms with E-state index in [1.165, 1.54) is 12.3 Å². The van der Waals surface area contributed by atoms with E-state index in [4.69, 9.17) is 18.3 Å². The van der Waals surface area contributed by atoms with Crippen molar-refractivity contribution in [1.82, 2.24) is 0 Å². The molecule has 3 aromatic carbocycles. The minimum Gasteiger partial charge on any atom is -0.484 e. The molecule has 8 nitrogen and oxygen atoms in total. The van der Waals surface area contributed by atoms with E-state index in [2.05, 4.69) is 5.32 Å². The number of amides is 1. The summed E-state index contributed by atoms with van der Waals surface area (Å²) in [6.07, 6.45) is 1.21. The first kappa shape index (κ1) is 23.9. The number of anilines is 1. The summed E-state index contributed by atoms with van der Waals surface area (Å²) in [5, 5.41) is 3.89. The first-order valence-corrected chi connectivity index (χ1v) is 11.6. The third-order valence-electron chi connectivity index (χ3n) is 6.11. The minimum absolute atomic E-state index is 0.0246. The average molecular weight is 498 g/mol. The maximum atomic E-state index is 13.0. The zero-order valence-electron chi connectivity index (χ0n) is 20.4. The predicted molar refractivity (Wildman–Crippen MR) is 140 cm³/mol. The number of hydrogen-bond donors (Lipinski definition) is 1. The molecule has 186 valence electrons. The third-order valence-corrected chi connectivity index (χ3v) is 6.11. The lowest BCUT2D eigenvalue weighted by Gasteiger charge is -2.11. The highest BCUT2D eigenvalue weighted by Gasteiger charge is 2.13. The lowest BCUT2D eigenvalue weighted by atomic mass is 10.1. The molecule has 8 heteroatoms. The molecule has 0 atom stereocenters. The Kier molecular flexibility index (Phi) is 6.23. The number of aryl methyl sites for hydroxylation is 2. The first-order valence-electron chi connectivity index (χ1n) is 11.6. The van der Waals surface area contributed by atoms with Crippen LogP contribution in [0.1, 0.15) is 16.7 Å². The van der Waals surface area contributed by atoms with Crippen molar-refractivity contribution in [3.05, 3.63) is 104 Å². The molecule has 1 N–H and O–H groups in total. The number of nitrogens with one attached hydrogen (secondary N) is 1. The molecule has 5 aromatic rings. The summed E-state index contributed by atoms with van der Waals surface area (Å²) in [7, 11) is 0. The summed E-state index contributed by atoms with van der Waals surface area (Å²) in [6, 6.07) is 16.8. The van der Waals surface area contributed by atoms with Crippen LogP contribution in [-0.4, -0.2) is 12.5 Å². The van der Waals surface area contributed by atoms with Gasteiger partial charge in [0, 0.05) is 29.3 Å². The summed E-state index contributed by atoms with van der Waals surface area (Å²) in [5.74, 6) is 0.368. The van der Waals surface area contributed by atoms with Crippen molar-refractivity contribution in [2.75, 3.05) is 11.9 Å². The Morgan fingerprint density at radius 1 is 0.865 bits per heavy atom. The second-order valence-electron chi connectivity index (χ2n) is 8.68. The smallest absolute Gasteiger partial charge is 0.336 e. The van der Waals surface area contributed by atoms with E-state index in [1.54, 1.807) is 36.4 Å². The Morgan fingerprint density at radius 3 is 2.46 bits per heavy atom. The van der Waals surface area contributed by atoms with Gasteiger partial charge in [0.15, 0.2) is 6.61 Å². The highest BCUT2D eigenvalue weighted by Crippen LogP contribution is 2.27. The topological polar surface area (TPSA) is 108 Å². The second kappa shape index (κ2) is 9.66. The van der Waals surface area contributed by atoms with Gasteiger partial charge in [-0.25, -0.2) is 4.79 Å². The number of fused-ring (bicyclic) bond motifs is 2. The summed E-state index contributed by atoms with van der Waals surface area (Å²) in [5.41, 5.74) is 3.37. The van der Waals surface area contributed by atoms with Gasteiger partial charge in [-0.15, -0.1) is 0 Å². The van der Waals surface area contributed by atoms with Crippen LogP contribution in [-0.2, 0) is 4.79 Å². The van der Waals surface area contributed by atoms with E-state index in [-0.39, 0.29) is 34.7 Å². The van der Waals surface area contributed by atoms with E-state index in [0.717, 1.165) is 27.8 Å². The fraction of sp³-hybridized carbons (Fsp3) is 0.138. The van der Waals surface area contributed by atoms with Crippen LogP contribution in [0.3, 0.4) is 0 Å².